The zero-order chi connectivity index (χ0) is 12.7. The van der Waals surface area contributed by atoms with E-state index in [-0.39, 0.29) is 5.91 Å². The van der Waals surface area contributed by atoms with Crippen LogP contribution in [-0.2, 0) is 6.42 Å². The quantitative estimate of drug-likeness (QED) is 0.834. The van der Waals surface area contributed by atoms with E-state index >= 15 is 0 Å². The van der Waals surface area contributed by atoms with Crippen LogP contribution in [0.4, 0.5) is 0 Å². The summed E-state index contributed by atoms with van der Waals surface area (Å²) in [5.41, 5.74) is 8.18. The van der Waals surface area contributed by atoms with Crippen LogP contribution in [0.15, 0.2) is 18.2 Å². The van der Waals surface area contributed by atoms with Gasteiger partial charge in [0.1, 0.15) is 0 Å². The van der Waals surface area contributed by atoms with Crippen LogP contribution in [0, 0.1) is 0 Å². The van der Waals surface area contributed by atoms with E-state index in [1.54, 1.807) is 0 Å². The summed E-state index contributed by atoms with van der Waals surface area (Å²) < 4.78 is 0. The molecule has 0 unspecified atom stereocenters. The molecule has 0 radical (unpaired) electrons. The van der Waals surface area contributed by atoms with Gasteiger partial charge >= 0.3 is 0 Å². The summed E-state index contributed by atoms with van der Waals surface area (Å²) in [7, 11) is 0. The van der Waals surface area contributed by atoms with Crippen LogP contribution in [0.2, 0.25) is 0 Å². The molecule has 2 heteroatoms. The number of carbonyl (C=O) groups is 1. The van der Waals surface area contributed by atoms with Crippen molar-refractivity contribution in [1.29, 1.82) is 0 Å². The fourth-order valence-electron chi connectivity index (χ4n) is 1.49. The van der Waals surface area contributed by atoms with Crippen LogP contribution in [0.1, 0.15) is 62.0 Å². The number of hydrogen-bond donors (Lipinski definition) is 1. The van der Waals surface area contributed by atoms with E-state index in [0.29, 0.717) is 11.5 Å². The highest BCUT2D eigenvalue weighted by Gasteiger charge is 2.09. The second-order valence-corrected chi connectivity index (χ2v) is 3.79. The number of carbonyl (C=O) groups excluding carboxylic acids is 1. The molecule has 16 heavy (non-hydrogen) atoms. The fourth-order valence-corrected chi connectivity index (χ4v) is 1.49. The van der Waals surface area contributed by atoms with Gasteiger partial charge in [-0.15, -0.1) is 0 Å². The molecule has 1 rings (SSSR count). The maximum atomic E-state index is 11.2. The fraction of sp³-hybridized carbons (Fsp3) is 0.500. The minimum absolute atomic E-state index is 0.329. The van der Waals surface area contributed by atoms with Gasteiger partial charge in [-0.25, -0.2) is 0 Å². The molecule has 0 spiro atoms. The highest BCUT2D eigenvalue weighted by molar-refractivity contribution is 5.94. The van der Waals surface area contributed by atoms with Gasteiger partial charge in [0.15, 0.2) is 0 Å². The van der Waals surface area contributed by atoms with E-state index in [4.69, 9.17) is 5.73 Å². The van der Waals surface area contributed by atoms with Crippen molar-refractivity contribution in [3.8, 4) is 0 Å². The molecule has 1 aromatic rings. The van der Waals surface area contributed by atoms with Gasteiger partial charge in [0.05, 0.1) is 0 Å². The summed E-state index contributed by atoms with van der Waals surface area (Å²) in [5.74, 6) is 0.100. The van der Waals surface area contributed by atoms with Crippen LogP contribution >= 0.6 is 0 Å². The van der Waals surface area contributed by atoms with Crippen molar-refractivity contribution in [1.82, 2.24) is 0 Å². The second kappa shape index (κ2) is 7.04. The number of primary amides is 1. The summed E-state index contributed by atoms with van der Waals surface area (Å²) in [6, 6.07) is 5.97. The maximum absolute atomic E-state index is 11.2. The van der Waals surface area contributed by atoms with Crippen LogP contribution in [0.3, 0.4) is 0 Å². The summed E-state index contributed by atoms with van der Waals surface area (Å²) in [4.78, 5) is 11.2. The van der Waals surface area contributed by atoms with E-state index in [2.05, 4.69) is 19.9 Å². The van der Waals surface area contributed by atoms with Crippen molar-refractivity contribution >= 4 is 5.91 Å². The first-order chi connectivity index (χ1) is 7.56. The Morgan fingerprint density at radius 3 is 2.25 bits per heavy atom. The first kappa shape index (κ1) is 14.7. The molecule has 0 atom stereocenters. The Kier molecular flexibility index (Phi) is 6.47. The first-order valence-corrected chi connectivity index (χ1v) is 5.98. The molecule has 0 saturated heterocycles. The minimum atomic E-state index is -0.329. The lowest BCUT2D eigenvalue weighted by Crippen LogP contribution is -2.14. The van der Waals surface area contributed by atoms with E-state index in [1.165, 1.54) is 0 Å². The largest absolute Gasteiger partial charge is 0.366 e. The lowest BCUT2D eigenvalue weighted by Gasteiger charge is -2.10. The predicted molar refractivity (Wildman–Crippen MR) is 69.8 cm³/mol. The Balaban J connectivity index is 0.00000106. The van der Waals surface area contributed by atoms with Crippen molar-refractivity contribution in [2.75, 3.05) is 0 Å². The van der Waals surface area contributed by atoms with E-state index in [9.17, 15) is 4.79 Å². The number of hydrogen-bond acceptors (Lipinski definition) is 1. The number of aryl methyl sites for hydroxylation is 1. The zero-order valence-corrected chi connectivity index (χ0v) is 11.0. The number of rotatable bonds is 3. The average Bonchev–Trinajstić information content (AvgIpc) is 2.30. The molecule has 0 aromatic heterocycles. The third-order valence-corrected chi connectivity index (χ3v) is 2.45. The third-order valence-electron chi connectivity index (χ3n) is 2.45. The smallest absolute Gasteiger partial charge is 0.248 e. The molecule has 0 aliphatic rings. The molecule has 0 aliphatic carbocycles. The van der Waals surface area contributed by atoms with Crippen molar-refractivity contribution in [2.24, 2.45) is 5.73 Å². The van der Waals surface area contributed by atoms with Crippen molar-refractivity contribution in [3.63, 3.8) is 0 Å². The molecule has 1 amide bonds. The van der Waals surface area contributed by atoms with E-state index in [0.717, 1.165) is 17.5 Å². The summed E-state index contributed by atoms with van der Waals surface area (Å²) in [6.07, 6.45) is 0.844. The highest BCUT2D eigenvalue weighted by Crippen LogP contribution is 2.19. The lowest BCUT2D eigenvalue weighted by molar-refractivity contribution is 0.0999. The predicted octanol–water partition coefficient (Wildman–Crippen LogP) is 3.50. The normalized spacial score (nSPS) is 9.62. The van der Waals surface area contributed by atoms with Gasteiger partial charge in [-0.3, -0.25) is 4.79 Å². The van der Waals surface area contributed by atoms with Crippen LogP contribution in [-0.4, -0.2) is 5.91 Å². The molecule has 0 saturated carbocycles. The monoisotopic (exact) mass is 221 g/mol. The summed E-state index contributed by atoms with van der Waals surface area (Å²) >= 11 is 0. The molecular weight excluding hydrogens is 198 g/mol. The van der Waals surface area contributed by atoms with Gasteiger partial charge in [0.25, 0.3) is 0 Å². The number of nitrogens with two attached hydrogens (primary N) is 1. The molecule has 0 fully saturated rings. The van der Waals surface area contributed by atoms with Crippen LogP contribution in [0.5, 0.6) is 0 Å². The molecule has 2 N–H and O–H groups in total. The number of amides is 1. The average molecular weight is 221 g/mol. The third kappa shape index (κ3) is 3.69. The van der Waals surface area contributed by atoms with Gasteiger partial charge in [-0.05, 0) is 29.5 Å². The maximum Gasteiger partial charge on any atom is 0.248 e. The van der Waals surface area contributed by atoms with Crippen molar-refractivity contribution in [3.05, 3.63) is 34.9 Å². The van der Waals surface area contributed by atoms with Crippen LogP contribution in [0.25, 0.3) is 0 Å². The molecule has 0 aliphatic heterocycles. The lowest BCUT2D eigenvalue weighted by atomic mass is 9.96. The number of benzene rings is 1. The standard InChI is InChI=1S/C12H17NO.C2H6/c1-4-9-5-6-10(8(2)3)7-11(9)12(13)14;1-2/h5-8H,4H2,1-3H3,(H2,13,14);1-2H3. The topological polar surface area (TPSA) is 43.1 Å². The molecule has 2 nitrogen and oxygen atoms in total. The first-order valence-electron chi connectivity index (χ1n) is 5.98. The molecule has 0 heterocycles. The summed E-state index contributed by atoms with van der Waals surface area (Å²) in [6.45, 7) is 10.2. The second-order valence-electron chi connectivity index (χ2n) is 3.79. The van der Waals surface area contributed by atoms with Gasteiger partial charge < -0.3 is 5.73 Å². The van der Waals surface area contributed by atoms with E-state index < -0.39 is 0 Å². The van der Waals surface area contributed by atoms with Gasteiger partial charge in [-0.2, -0.15) is 0 Å². The van der Waals surface area contributed by atoms with Crippen LogP contribution < -0.4 is 5.73 Å². The molecule has 1 aromatic carbocycles. The molecular formula is C14H23NO. The van der Waals surface area contributed by atoms with Crippen molar-refractivity contribution in [2.45, 2.75) is 47.0 Å². The Morgan fingerprint density at radius 2 is 1.88 bits per heavy atom. The highest BCUT2D eigenvalue weighted by atomic mass is 16.1. The summed E-state index contributed by atoms with van der Waals surface area (Å²) in [5, 5.41) is 0. The van der Waals surface area contributed by atoms with Gasteiger partial charge in [0, 0.05) is 5.56 Å². The van der Waals surface area contributed by atoms with E-state index in [1.807, 2.05) is 32.9 Å². The minimum Gasteiger partial charge on any atom is -0.366 e. The van der Waals surface area contributed by atoms with Gasteiger partial charge in [-0.1, -0.05) is 46.8 Å². The Labute approximate surface area is 98.9 Å². The Bertz CT molecular complexity index is 343. The molecule has 90 valence electrons. The SMILES string of the molecule is CC.CCc1ccc(C(C)C)cc1C(N)=O. The zero-order valence-electron chi connectivity index (χ0n) is 11.0. The van der Waals surface area contributed by atoms with Gasteiger partial charge in [0.2, 0.25) is 5.91 Å². The Morgan fingerprint density at radius 1 is 1.31 bits per heavy atom. The Hall–Kier alpha value is -1.31. The van der Waals surface area contributed by atoms with Crippen molar-refractivity contribution < 1.29 is 4.79 Å². The molecule has 0 bridgehead atoms.